The average molecular weight is 436 g/mol. The van der Waals surface area contributed by atoms with Gasteiger partial charge in [0.25, 0.3) is 0 Å². The molecular weight excluding hydrogens is 417 g/mol. The number of hydrogen-bond acceptors (Lipinski definition) is 7. The standard InChI is InChI=1S/C11H17INO7S/c1-6(11(19)21-12)20-10(18)7(2-3-9(16)17)13-8(15)4-5-14/h6-7,12,14H,2-5H2,1H3,(H,13,15)(H,16,17)/q-1/t6-,7-/m0/s1/i12T. The van der Waals surface area contributed by atoms with E-state index in [0.717, 1.165) is 8.93 Å². The number of aliphatic carboxylic acids is 1. The summed E-state index contributed by atoms with van der Waals surface area (Å²) in [6.07, 6.45) is -1.87. The van der Waals surface area contributed by atoms with Gasteiger partial charge in [0.05, 0.1) is 0 Å². The first-order valence-corrected chi connectivity index (χ1v) is 9.32. The van der Waals surface area contributed by atoms with Gasteiger partial charge in [-0.1, -0.05) is 0 Å². The molecule has 0 unspecified atom stereocenters. The van der Waals surface area contributed by atoms with E-state index >= 15 is 0 Å². The van der Waals surface area contributed by atoms with Crippen LogP contribution < -0.4 is 26.3 Å². The summed E-state index contributed by atoms with van der Waals surface area (Å²) in [5.74, 6) is -2.69. The molecule has 0 bridgehead atoms. The van der Waals surface area contributed by atoms with Gasteiger partial charge in [-0.15, -0.1) is 0 Å². The molecule has 8 nitrogen and oxygen atoms in total. The molecule has 0 aromatic rings. The molecule has 10 heteroatoms. The predicted octanol–water partition coefficient (Wildman–Crippen LogP) is -3.89. The molecule has 0 aromatic carbocycles. The molecule has 0 spiro atoms. The molecule has 1 amide bonds. The van der Waals surface area contributed by atoms with Crippen molar-refractivity contribution in [3.05, 3.63) is 0 Å². The van der Waals surface area contributed by atoms with Crippen molar-refractivity contribution in [2.45, 2.75) is 38.3 Å². The van der Waals surface area contributed by atoms with Gasteiger partial charge in [-0.25, -0.2) is 0 Å². The summed E-state index contributed by atoms with van der Waals surface area (Å²) in [6.45, 7) is 0.932. The molecule has 2 atom stereocenters. The van der Waals surface area contributed by atoms with Crippen LogP contribution >= 0.6 is 8.93 Å². The molecular formula is C11H17INO7S-. The summed E-state index contributed by atoms with van der Waals surface area (Å²) in [7, 11) is 0.779. The summed E-state index contributed by atoms with van der Waals surface area (Å²) in [5, 5.41) is 19.1. The molecule has 0 aromatic heterocycles. The normalized spacial score (nSPS) is 13.9. The van der Waals surface area contributed by atoms with E-state index in [-0.39, 0.29) is 19.3 Å². The van der Waals surface area contributed by atoms with Gasteiger partial charge in [-0.05, 0) is 0 Å². The number of nitrogens with one attached hydrogen (secondary N) is 1. The zero-order chi connectivity index (χ0) is 17.1. The minimum atomic E-state index is -1.21. The van der Waals surface area contributed by atoms with Crippen molar-refractivity contribution in [1.29, 1.82) is 0.594 Å². The molecule has 21 heavy (non-hydrogen) atoms. The number of carboxylic acids is 1. The zero-order valence-electron chi connectivity index (χ0n) is 12.2. The van der Waals surface area contributed by atoms with E-state index in [9.17, 15) is 19.2 Å². The number of ether oxygens (including phenoxy) is 1. The fraction of sp³-hybridized carbons (Fsp3) is 0.636. The van der Waals surface area contributed by atoms with E-state index in [4.69, 9.17) is 15.5 Å². The monoisotopic (exact) mass is 436 g/mol. The zero-order valence-corrected chi connectivity index (χ0v) is 14.2. The van der Waals surface area contributed by atoms with Crippen LogP contribution in [0.4, 0.5) is 0 Å². The third-order valence-electron chi connectivity index (χ3n) is 2.31. The number of carbonyl (C=O) groups is 4. The van der Waals surface area contributed by atoms with E-state index in [1.54, 1.807) is 0 Å². The number of esters is 1. The quantitative estimate of drug-likeness (QED) is 0.234. The van der Waals surface area contributed by atoms with Crippen molar-refractivity contribution in [3.8, 4) is 0 Å². The summed E-state index contributed by atoms with van der Waals surface area (Å²) < 4.78 is 11.9. The van der Waals surface area contributed by atoms with Crippen LogP contribution in [0.2, 0.25) is 0 Å². The summed E-state index contributed by atoms with van der Waals surface area (Å²) >= 11 is -1.09. The van der Waals surface area contributed by atoms with Gasteiger partial charge in [0, 0.05) is 0 Å². The Hall–Kier alpha value is -0.880. The van der Waals surface area contributed by atoms with Crippen LogP contribution in [-0.2, 0) is 23.9 Å². The van der Waals surface area contributed by atoms with Crippen LogP contribution in [0.25, 0.3) is 0 Å². The Bertz CT molecular complexity index is 423. The fourth-order valence-electron chi connectivity index (χ4n) is 1.25. The van der Waals surface area contributed by atoms with Gasteiger partial charge >= 0.3 is 138 Å². The van der Waals surface area contributed by atoms with Crippen molar-refractivity contribution in [1.82, 2.24) is 5.32 Å². The molecule has 0 aliphatic heterocycles. The Balaban J connectivity index is 4.68. The summed E-state index contributed by atoms with van der Waals surface area (Å²) in [4.78, 5) is 45.4. The fourth-order valence-corrected chi connectivity index (χ4v) is 2.50. The summed E-state index contributed by atoms with van der Waals surface area (Å²) in [6, 6.07) is -1.21. The van der Waals surface area contributed by atoms with Gasteiger partial charge in [0.15, 0.2) is 0 Å². The van der Waals surface area contributed by atoms with Gasteiger partial charge in [0.2, 0.25) is 0 Å². The minimum absolute atomic E-state index is 0.190. The molecule has 0 aliphatic carbocycles. The van der Waals surface area contributed by atoms with Crippen molar-refractivity contribution < 1.29 is 55.1 Å². The molecule has 0 radical (unpaired) electrons. The van der Waals surface area contributed by atoms with Crippen LogP contribution in [-0.4, -0.2) is 52.5 Å². The van der Waals surface area contributed by atoms with Crippen molar-refractivity contribution >= 4 is 31.9 Å². The Morgan fingerprint density at radius 3 is 2.57 bits per heavy atom. The van der Waals surface area contributed by atoms with E-state index in [1.165, 1.54) is 6.92 Å². The molecule has 0 aliphatic rings. The van der Waals surface area contributed by atoms with E-state index in [0.29, 0.717) is 0 Å². The third-order valence-corrected chi connectivity index (χ3v) is 4.09. The van der Waals surface area contributed by atoms with Crippen molar-refractivity contribution in [2.75, 3.05) is 6.61 Å². The summed E-state index contributed by atoms with van der Waals surface area (Å²) in [5.41, 5.74) is 0. The average Bonchev–Trinajstić information content (AvgIpc) is 2.43. The molecule has 0 fully saturated rings. The van der Waals surface area contributed by atoms with Gasteiger partial charge < -0.3 is 0 Å². The van der Waals surface area contributed by atoms with Crippen LogP contribution in [0.5, 0.6) is 0 Å². The second kappa shape index (κ2) is 10.8. The van der Waals surface area contributed by atoms with E-state index in [2.05, 4.69) is 5.32 Å². The van der Waals surface area contributed by atoms with Crippen LogP contribution in [0.15, 0.2) is 0 Å². The molecule has 0 heterocycles. The van der Waals surface area contributed by atoms with E-state index < -0.39 is 62.7 Å². The number of amides is 1. The SMILES string of the molecule is [3H][I-]SC(=O)[C@H](C)OC(=O)[C@H](CCC(=O)O)NC(=O)CCO. The Morgan fingerprint density at radius 2 is 2.05 bits per heavy atom. The van der Waals surface area contributed by atoms with Crippen molar-refractivity contribution in [3.63, 3.8) is 0 Å². The Morgan fingerprint density at radius 1 is 1.38 bits per heavy atom. The molecule has 0 saturated carbocycles. The molecule has 0 rings (SSSR count). The first-order valence-electron chi connectivity index (χ1n) is 6.34. The maximum absolute atomic E-state index is 11.9. The number of carbonyl (C=O) groups excluding carboxylic acids is 3. The van der Waals surface area contributed by atoms with Gasteiger partial charge in [-0.2, -0.15) is 0 Å². The van der Waals surface area contributed by atoms with Crippen LogP contribution in [0.1, 0.15) is 26.2 Å². The van der Waals surface area contributed by atoms with Gasteiger partial charge in [-0.3, -0.25) is 0 Å². The number of aliphatic hydroxyl groups excluding tert-OH is 1. The second-order valence-corrected chi connectivity index (χ2v) is 5.88. The van der Waals surface area contributed by atoms with Crippen molar-refractivity contribution in [2.24, 2.45) is 0 Å². The molecule has 3 N–H and O–H groups in total. The number of carboxylic acid groups (broad SMARTS) is 1. The number of halogens is 1. The third kappa shape index (κ3) is 8.88. The Labute approximate surface area is 138 Å². The number of aliphatic hydroxyl groups is 1. The maximum atomic E-state index is 11.9. The predicted molar refractivity (Wildman–Crippen MR) is 70.1 cm³/mol. The first kappa shape index (κ1) is 18.2. The molecule has 0 saturated heterocycles. The van der Waals surface area contributed by atoms with Crippen LogP contribution in [0.3, 0.4) is 0 Å². The Kier molecular flexibility index (Phi) is 9.34. The second-order valence-electron chi connectivity index (χ2n) is 4.00. The first-order chi connectivity index (χ1) is 10.3. The molecule has 122 valence electrons. The van der Waals surface area contributed by atoms with Crippen LogP contribution in [0, 0.1) is 0 Å². The topological polar surface area (TPSA) is 130 Å². The number of hydrogen-bond donors (Lipinski definition) is 3. The van der Waals surface area contributed by atoms with E-state index in [1.807, 2.05) is 0 Å². The van der Waals surface area contributed by atoms with Gasteiger partial charge in [0.1, 0.15) is 0 Å². The number of rotatable bonds is 10.